The molecule has 26 heavy (non-hydrogen) atoms. The van der Waals surface area contributed by atoms with Gasteiger partial charge in [0.15, 0.2) is 6.10 Å². The molecule has 1 atom stereocenters. The normalized spacial score (nSPS) is 15.4. The van der Waals surface area contributed by atoms with Gasteiger partial charge >= 0.3 is 0 Å². The van der Waals surface area contributed by atoms with Gasteiger partial charge in [-0.1, -0.05) is 0 Å². The fourth-order valence-electron chi connectivity index (χ4n) is 2.30. The maximum Gasteiger partial charge on any atom is 0.269 e. The molecule has 9 heteroatoms. The van der Waals surface area contributed by atoms with Gasteiger partial charge in [-0.25, -0.2) is 0 Å². The highest BCUT2D eigenvalue weighted by atomic mass is 32.2. The zero-order valence-corrected chi connectivity index (χ0v) is 14.5. The van der Waals surface area contributed by atoms with E-state index in [0.717, 1.165) is 4.90 Å². The molecule has 0 bridgehead atoms. The largest absolute Gasteiger partial charge is 0.479 e. The van der Waals surface area contributed by atoms with Crippen molar-refractivity contribution in [1.29, 1.82) is 0 Å². The molecule has 0 saturated heterocycles. The molecule has 134 valence electrons. The Bertz CT molecular complexity index is 869. The van der Waals surface area contributed by atoms with E-state index in [1.807, 2.05) is 0 Å². The molecular weight excluding hydrogens is 358 g/mol. The van der Waals surface area contributed by atoms with E-state index in [4.69, 9.17) is 4.74 Å². The van der Waals surface area contributed by atoms with Gasteiger partial charge in [0.1, 0.15) is 5.75 Å². The third-order valence-electron chi connectivity index (χ3n) is 3.61. The van der Waals surface area contributed by atoms with Gasteiger partial charge in [-0.3, -0.25) is 19.7 Å². The van der Waals surface area contributed by atoms with Gasteiger partial charge in [0, 0.05) is 22.7 Å². The summed E-state index contributed by atoms with van der Waals surface area (Å²) in [5.74, 6) is 0.226. The molecule has 0 radical (unpaired) electrons. The van der Waals surface area contributed by atoms with Gasteiger partial charge in [0.05, 0.1) is 16.4 Å². The average molecular weight is 373 g/mol. The summed E-state index contributed by atoms with van der Waals surface area (Å²) in [6, 6.07) is 11.0. The second-order valence-corrected chi connectivity index (χ2v) is 6.60. The summed E-state index contributed by atoms with van der Waals surface area (Å²) >= 11 is 1.27. The molecule has 2 N–H and O–H groups in total. The summed E-state index contributed by atoms with van der Waals surface area (Å²) in [5, 5.41) is 16.1. The second kappa shape index (κ2) is 7.44. The van der Waals surface area contributed by atoms with Crippen molar-refractivity contribution in [2.45, 2.75) is 17.9 Å². The number of carbonyl (C=O) groups excluding carboxylic acids is 2. The van der Waals surface area contributed by atoms with Crippen molar-refractivity contribution in [2.75, 3.05) is 16.4 Å². The van der Waals surface area contributed by atoms with Crippen LogP contribution in [0.4, 0.5) is 17.1 Å². The van der Waals surface area contributed by atoms with E-state index < -0.39 is 11.0 Å². The maximum atomic E-state index is 12.1. The Kier molecular flexibility index (Phi) is 5.08. The van der Waals surface area contributed by atoms with Gasteiger partial charge in [-0.15, -0.1) is 11.8 Å². The van der Waals surface area contributed by atoms with Crippen molar-refractivity contribution >= 4 is 40.6 Å². The lowest BCUT2D eigenvalue weighted by Crippen LogP contribution is -2.34. The lowest BCUT2D eigenvalue weighted by atomic mass is 10.2. The summed E-state index contributed by atoms with van der Waals surface area (Å²) in [7, 11) is 0. The van der Waals surface area contributed by atoms with Gasteiger partial charge < -0.3 is 15.4 Å². The molecule has 1 heterocycles. The van der Waals surface area contributed by atoms with E-state index in [0.29, 0.717) is 17.1 Å². The highest BCUT2D eigenvalue weighted by Gasteiger charge is 2.23. The Balaban J connectivity index is 1.57. The first-order valence-electron chi connectivity index (χ1n) is 7.71. The third-order valence-corrected chi connectivity index (χ3v) is 4.62. The molecule has 0 spiro atoms. The number of nitro benzene ring substituents is 1. The predicted molar refractivity (Wildman–Crippen MR) is 97.6 cm³/mol. The van der Waals surface area contributed by atoms with Gasteiger partial charge in [0.25, 0.3) is 11.6 Å². The third kappa shape index (κ3) is 4.12. The monoisotopic (exact) mass is 373 g/mol. The predicted octanol–water partition coefficient (Wildman–Crippen LogP) is 3.05. The molecule has 0 unspecified atom stereocenters. The molecule has 0 saturated carbocycles. The number of benzene rings is 2. The first kappa shape index (κ1) is 17.7. The van der Waals surface area contributed by atoms with Crippen molar-refractivity contribution in [3.63, 3.8) is 0 Å². The molecule has 0 aliphatic carbocycles. The van der Waals surface area contributed by atoms with Crippen LogP contribution in [0.5, 0.6) is 5.75 Å². The van der Waals surface area contributed by atoms with Crippen molar-refractivity contribution in [3.05, 3.63) is 52.6 Å². The summed E-state index contributed by atoms with van der Waals surface area (Å²) in [5.41, 5.74) is 1.05. The SMILES string of the molecule is C[C@@H]1Oc2ccc(NC(=O)CSc3ccc([N+](=O)[O-])cc3)cc2NC1=O. The van der Waals surface area contributed by atoms with Gasteiger partial charge in [-0.2, -0.15) is 0 Å². The molecule has 8 nitrogen and oxygen atoms in total. The van der Waals surface area contributed by atoms with Crippen LogP contribution in [-0.2, 0) is 9.59 Å². The van der Waals surface area contributed by atoms with E-state index in [1.54, 1.807) is 37.3 Å². The Hall–Kier alpha value is -3.07. The van der Waals surface area contributed by atoms with E-state index in [9.17, 15) is 19.7 Å². The fraction of sp³-hybridized carbons (Fsp3) is 0.176. The number of amides is 2. The number of anilines is 2. The minimum Gasteiger partial charge on any atom is -0.479 e. The summed E-state index contributed by atoms with van der Waals surface area (Å²) in [6.45, 7) is 1.66. The van der Waals surface area contributed by atoms with Crippen LogP contribution in [0, 0.1) is 10.1 Å². The molecule has 2 aromatic rings. The molecule has 1 aliphatic heterocycles. The van der Waals surface area contributed by atoms with Crippen molar-refractivity contribution < 1.29 is 19.2 Å². The van der Waals surface area contributed by atoms with E-state index in [2.05, 4.69) is 10.6 Å². The number of carbonyl (C=O) groups is 2. The van der Waals surface area contributed by atoms with E-state index in [1.165, 1.54) is 23.9 Å². The smallest absolute Gasteiger partial charge is 0.269 e. The van der Waals surface area contributed by atoms with Crippen molar-refractivity contribution in [1.82, 2.24) is 0 Å². The Morgan fingerprint density at radius 2 is 2.04 bits per heavy atom. The molecule has 2 aromatic carbocycles. The number of ether oxygens (including phenoxy) is 1. The highest BCUT2D eigenvalue weighted by molar-refractivity contribution is 8.00. The molecule has 3 rings (SSSR count). The lowest BCUT2D eigenvalue weighted by Gasteiger charge is -2.23. The summed E-state index contributed by atoms with van der Waals surface area (Å²) in [6.07, 6.45) is -0.555. The minimum absolute atomic E-state index is 0.00597. The average Bonchev–Trinajstić information content (AvgIpc) is 2.61. The number of rotatable bonds is 5. The standard InChI is InChI=1S/C17H15N3O5S/c1-10-17(22)19-14-8-11(2-7-15(14)25-10)18-16(21)9-26-13-5-3-12(4-6-13)20(23)24/h2-8,10H,9H2,1H3,(H,18,21)(H,19,22)/t10-/m0/s1. The van der Waals surface area contributed by atoms with Crippen LogP contribution < -0.4 is 15.4 Å². The van der Waals surface area contributed by atoms with E-state index in [-0.39, 0.29) is 23.3 Å². The zero-order chi connectivity index (χ0) is 18.7. The number of hydrogen-bond acceptors (Lipinski definition) is 6. The Morgan fingerprint density at radius 1 is 1.31 bits per heavy atom. The Labute approximate surface area is 153 Å². The van der Waals surface area contributed by atoms with Crippen molar-refractivity contribution in [3.8, 4) is 5.75 Å². The quantitative estimate of drug-likeness (QED) is 0.473. The number of nitrogens with one attached hydrogen (secondary N) is 2. The minimum atomic E-state index is -0.555. The molecule has 1 aliphatic rings. The van der Waals surface area contributed by atoms with Crippen LogP contribution in [0.3, 0.4) is 0 Å². The molecule has 0 fully saturated rings. The number of nitro groups is 1. The van der Waals surface area contributed by atoms with Crippen LogP contribution in [0.25, 0.3) is 0 Å². The van der Waals surface area contributed by atoms with Gasteiger partial charge in [0.2, 0.25) is 5.91 Å². The molecule has 2 amide bonds. The first-order chi connectivity index (χ1) is 12.4. The number of thioether (sulfide) groups is 1. The van der Waals surface area contributed by atoms with Crippen LogP contribution in [-0.4, -0.2) is 28.6 Å². The van der Waals surface area contributed by atoms with E-state index >= 15 is 0 Å². The number of hydrogen-bond donors (Lipinski definition) is 2. The van der Waals surface area contributed by atoms with Crippen LogP contribution in [0.2, 0.25) is 0 Å². The summed E-state index contributed by atoms with van der Waals surface area (Å²) < 4.78 is 5.46. The zero-order valence-electron chi connectivity index (χ0n) is 13.7. The fourth-order valence-corrected chi connectivity index (χ4v) is 3.00. The summed E-state index contributed by atoms with van der Waals surface area (Å²) in [4.78, 5) is 34.6. The lowest BCUT2D eigenvalue weighted by molar-refractivity contribution is -0.384. The molecular formula is C17H15N3O5S. The second-order valence-electron chi connectivity index (χ2n) is 5.55. The topological polar surface area (TPSA) is 111 Å². The van der Waals surface area contributed by atoms with Gasteiger partial charge in [-0.05, 0) is 37.3 Å². The number of fused-ring (bicyclic) bond motifs is 1. The first-order valence-corrected chi connectivity index (χ1v) is 8.69. The van der Waals surface area contributed by atoms with Crippen LogP contribution >= 0.6 is 11.8 Å². The maximum absolute atomic E-state index is 12.1. The number of non-ortho nitro benzene ring substituents is 1. The van der Waals surface area contributed by atoms with Crippen molar-refractivity contribution in [2.24, 2.45) is 0 Å². The van der Waals surface area contributed by atoms with Crippen LogP contribution in [0.1, 0.15) is 6.92 Å². The number of nitrogens with zero attached hydrogens (tertiary/aromatic N) is 1. The van der Waals surface area contributed by atoms with Crippen LogP contribution in [0.15, 0.2) is 47.4 Å². The molecule has 0 aromatic heterocycles. The Morgan fingerprint density at radius 3 is 2.73 bits per heavy atom. The highest BCUT2D eigenvalue weighted by Crippen LogP contribution is 2.32.